The highest BCUT2D eigenvalue weighted by Gasteiger charge is 2.70. The number of aliphatic hydroxyl groups is 7. The molecule has 3 aliphatic heterocycles. The van der Waals surface area contributed by atoms with Crippen LogP contribution in [-0.2, 0) is 52.3 Å². The van der Waals surface area contributed by atoms with Crippen molar-refractivity contribution in [2.45, 2.75) is 224 Å². The Bertz CT molecular complexity index is 2100. The lowest BCUT2D eigenvalue weighted by Gasteiger charge is -2.71. The molecule has 0 aromatic rings. The summed E-state index contributed by atoms with van der Waals surface area (Å²) in [6.45, 7) is 17.8. The van der Waals surface area contributed by atoms with E-state index in [1.807, 2.05) is 0 Å². The van der Waals surface area contributed by atoms with Gasteiger partial charge in [-0.25, -0.2) is 9.59 Å². The van der Waals surface area contributed by atoms with Crippen LogP contribution in [0.1, 0.15) is 120 Å². The number of aliphatic hydroxyl groups excluding tert-OH is 7. The van der Waals surface area contributed by atoms with Crippen molar-refractivity contribution in [3.05, 3.63) is 11.6 Å². The van der Waals surface area contributed by atoms with Crippen LogP contribution in [0.2, 0.25) is 0 Å². The minimum Gasteiger partial charge on any atom is -0.481 e. The lowest BCUT2D eigenvalue weighted by Crippen LogP contribution is -2.68. The first-order valence-corrected chi connectivity index (χ1v) is 25.1. The van der Waals surface area contributed by atoms with E-state index in [2.05, 4.69) is 47.6 Å². The molecule has 10 N–H and O–H groups in total. The van der Waals surface area contributed by atoms with Gasteiger partial charge in [-0.3, -0.25) is 9.59 Å². The van der Waals surface area contributed by atoms with E-state index in [1.165, 1.54) is 19.4 Å². The molecule has 8 rings (SSSR count). The van der Waals surface area contributed by atoms with Crippen molar-refractivity contribution in [1.29, 1.82) is 0 Å². The normalized spacial score (nSPS) is 52.6. The minimum atomic E-state index is -2.16. The van der Waals surface area contributed by atoms with Gasteiger partial charge in [-0.2, -0.15) is 0 Å². The Morgan fingerprint density at radius 3 is 1.70 bits per heavy atom. The summed E-state index contributed by atoms with van der Waals surface area (Å²) >= 11 is 0. The average molecular weight is 1010 g/mol. The molecular weight excluding hydrogens is 937 g/mol. The van der Waals surface area contributed by atoms with Gasteiger partial charge < -0.3 is 84.2 Å². The van der Waals surface area contributed by atoms with Crippen LogP contribution in [0, 0.1) is 50.2 Å². The molecule has 7 fully saturated rings. The third-order valence-electron chi connectivity index (χ3n) is 19.9. The summed E-state index contributed by atoms with van der Waals surface area (Å²) in [5, 5.41) is 107. The molecule has 8 aliphatic rings. The number of hydrogen-bond acceptors (Lipinski definition) is 18. The number of esters is 1. The summed E-state index contributed by atoms with van der Waals surface area (Å²) in [6, 6.07) is 0. The third kappa shape index (κ3) is 8.58. The molecule has 21 nitrogen and oxygen atoms in total. The largest absolute Gasteiger partial charge is 0.481 e. The summed E-state index contributed by atoms with van der Waals surface area (Å²) in [4.78, 5) is 50.1. The summed E-state index contributed by atoms with van der Waals surface area (Å²) in [5.74, 6) is -4.64. The fraction of sp³-hybridized carbons (Fsp3) is 0.880. The Morgan fingerprint density at radius 2 is 1.15 bits per heavy atom. The predicted octanol–water partition coefficient (Wildman–Crippen LogP) is 1.46. The van der Waals surface area contributed by atoms with Crippen molar-refractivity contribution in [1.82, 2.24) is 0 Å². The molecule has 3 saturated heterocycles. The maximum absolute atomic E-state index is 12.9. The number of carboxylic acids is 3. The van der Waals surface area contributed by atoms with Gasteiger partial charge in [0.25, 0.3) is 0 Å². The first-order chi connectivity index (χ1) is 32.9. The highest BCUT2D eigenvalue weighted by molar-refractivity contribution is 5.75. The highest BCUT2D eigenvalue weighted by Crippen LogP contribution is 2.76. The molecule has 0 radical (unpaired) electrons. The van der Waals surface area contributed by atoms with E-state index >= 15 is 0 Å². The van der Waals surface area contributed by atoms with Crippen LogP contribution in [0.3, 0.4) is 0 Å². The first-order valence-electron chi connectivity index (χ1n) is 25.1. The number of carboxylic acid groups (broad SMARTS) is 3. The molecule has 0 aromatic carbocycles. The van der Waals surface area contributed by atoms with Crippen LogP contribution in [0.4, 0.5) is 0 Å². The quantitative estimate of drug-likeness (QED) is 0.0841. The molecule has 0 spiro atoms. The number of aliphatic carboxylic acids is 3. The zero-order chi connectivity index (χ0) is 52.5. The van der Waals surface area contributed by atoms with E-state index in [1.54, 1.807) is 6.92 Å². The molecule has 71 heavy (non-hydrogen) atoms. The molecule has 0 aromatic heterocycles. The van der Waals surface area contributed by atoms with Gasteiger partial charge in [0.15, 0.2) is 31.1 Å². The molecule has 25 atom stereocenters. The molecule has 5 aliphatic carbocycles. The predicted molar refractivity (Wildman–Crippen MR) is 241 cm³/mol. The van der Waals surface area contributed by atoms with Gasteiger partial charge in [0.2, 0.25) is 0 Å². The maximum atomic E-state index is 12.9. The highest BCUT2D eigenvalue weighted by atomic mass is 16.8. The van der Waals surface area contributed by atoms with Crippen molar-refractivity contribution < 1.29 is 103 Å². The van der Waals surface area contributed by atoms with Crippen LogP contribution in [0.15, 0.2) is 11.6 Å². The lowest BCUT2D eigenvalue weighted by molar-refractivity contribution is -0.392. The second kappa shape index (κ2) is 18.7. The van der Waals surface area contributed by atoms with Crippen molar-refractivity contribution in [2.75, 3.05) is 0 Å². The zero-order valence-electron chi connectivity index (χ0n) is 42.0. The standard InChI is InChI=1S/C50H76O21/c1-20-28(52)29(53)34(58)41(65-20)70-38-33(57)31(55)36(40(61)62)69-43(38)71-37-32(56)30(54)35(39(59)60)68-42(37)67-26-13-14-48(7)24(45(26,3)4)12-15-50(9)25(48)11-10-22-23-18-46(5,44(63)64)19-27(66-21(2)51)47(23,6)16-17-49(22,50)8/h10,20,23-38,41-43,52-58H,11-19H2,1-9H3,(H,59,60)(H,61,62)(H,63,64)/t20-,23-,24-,25+,26-,27-,28-,29+,30+,31+,32+,33+,34-,35+,36+,37-,38-,41+,42-,43+,46-,47+,48-,49+,50+/m0/s1. The van der Waals surface area contributed by atoms with E-state index in [0.29, 0.717) is 19.3 Å². The van der Waals surface area contributed by atoms with Crippen LogP contribution < -0.4 is 0 Å². The van der Waals surface area contributed by atoms with Gasteiger partial charge in [0, 0.05) is 18.8 Å². The number of fused-ring (bicyclic) bond motifs is 7. The molecular formula is C50H76O21. The number of carbonyl (C=O) groups excluding carboxylic acids is 1. The molecule has 402 valence electrons. The van der Waals surface area contributed by atoms with Crippen molar-refractivity contribution in [2.24, 2.45) is 50.2 Å². The Hall–Kier alpha value is -2.90. The van der Waals surface area contributed by atoms with Crippen molar-refractivity contribution in [3.8, 4) is 0 Å². The molecule has 0 bridgehead atoms. The minimum absolute atomic E-state index is 0.0110. The van der Waals surface area contributed by atoms with Gasteiger partial charge in [0.1, 0.15) is 61.0 Å². The maximum Gasteiger partial charge on any atom is 0.335 e. The molecule has 3 heterocycles. The Morgan fingerprint density at radius 1 is 0.592 bits per heavy atom. The number of hydrogen-bond donors (Lipinski definition) is 10. The Labute approximate surface area is 412 Å². The van der Waals surface area contributed by atoms with Gasteiger partial charge in [0.05, 0.1) is 17.6 Å². The van der Waals surface area contributed by atoms with Gasteiger partial charge in [-0.15, -0.1) is 0 Å². The number of carbonyl (C=O) groups is 4. The van der Waals surface area contributed by atoms with E-state index < -0.39 is 144 Å². The molecule has 0 amide bonds. The third-order valence-corrected chi connectivity index (χ3v) is 19.9. The van der Waals surface area contributed by atoms with Crippen LogP contribution >= 0.6 is 0 Å². The number of allylic oxidation sites excluding steroid dienone is 2. The van der Waals surface area contributed by atoms with Crippen LogP contribution in [0.25, 0.3) is 0 Å². The van der Waals surface area contributed by atoms with E-state index in [4.69, 9.17) is 33.2 Å². The molecule has 21 heteroatoms. The average Bonchev–Trinajstić information content (AvgIpc) is 3.28. The summed E-state index contributed by atoms with van der Waals surface area (Å²) in [5.41, 5.74) is -1.76. The van der Waals surface area contributed by atoms with E-state index in [0.717, 1.165) is 32.1 Å². The second-order valence-corrected chi connectivity index (χ2v) is 24.1. The fourth-order valence-electron chi connectivity index (χ4n) is 15.4. The Kier molecular flexibility index (Phi) is 14.3. The van der Waals surface area contributed by atoms with Crippen LogP contribution in [0.5, 0.6) is 0 Å². The molecule has 0 unspecified atom stereocenters. The number of rotatable bonds is 10. The van der Waals surface area contributed by atoms with Gasteiger partial charge in [-0.05, 0) is 105 Å². The topological polar surface area (TPSA) is 335 Å². The van der Waals surface area contributed by atoms with Crippen LogP contribution in [-0.4, -0.2) is 179 Å². The van der Waals surface area contributed by atoms with Crippen molar-refractivity contribution >= 4 is 23.9 Å². The lowest BCUT2D eigenvalue weighted by atomic mass is 9.33. The monoisotopic (exact) mass is 1010 g/mol. The van der Waals surface area contributed by atoms with Gasteiger partial charge in [-0.1, -0.05) is 53.2 Å². The van der Waals surface area contributed by atoms with Gasteiger partial charge >= 0.3 is 23.9 Å². The zero-order valence-corrected chi connectivity index (χ0v) is 42.0. The Balaban J connectivity index is 1.07. The van der Waals surface area contributed by atoms with Crippen molar-refractivity contribution in [3.63, 3.8) is 0 Å². The SMILES string of the molecule is CC(=O)O[C@H]1C[C@@](C)(C(=O)O)C[C@H]2C3=CC[C@@H]4[C@@]5(C)CC[C@H](O[C@H]6O[C@@H](C(=O)O)[C@H](O)[C@@H](O)[C@@H]6O[C@H]6O[C@@H](C(=O)O)[C@H](O)[C@@H](O)[C@@H]6O[C@H]6O[C@@H](C)[C@H](O)[C@@H](O)[C@@H]6O)C(C)(C)[C@@H]5CC[C@@]4(C)[C@]3(C)CC[C@@]12C. The molecule has 4 saturated carbocycles. The second-order valence-electron chi connectivity index (χ2n) is 24.1. The number of ether oxygens (including phenoxy) is 7. The van der Waals surface area contributed by atoms with E-state index in [9.17, 15) is 70.2 Å². The van der Waals surface area contributed by atoms with E-state index in [-0.39, 0.29) is 40.4 Å². The summed E-state index contributed by atoms with van der Waals surface area (Å²) in [6.07, 6.45) is -21.8. The fourth-order valence-corrected chi connectivity index (χ4v) is 15.4. The summed E-state index contributed by atoms with van der Waals surface area (Å²) in [7, 11) is 0. The smallest absolute Gasteiger partial charge is 0.335 e. The summed E-state index contributed by atoms with van der Waals surface area (Å²) < 4.78 is 41.7. The first kappa shape index (κ1) is 54.4.